The largest absolute Gasteiger partial charge is 2.00 e. The van der Waals surface area contributed by atoms with Gasteiger partial charge in [-0.15, -0.1) is 0 Å². The molecule has 3 heteroatoms. The molecular weight excluding hydrogens is 251 g/mol. The quantitative estimate of drug-likeness (QED) is 0.731. The number of rotatable bonds is 3. The molecule has 0 heterocycles. The third-order valence-corrected chi connectivity index (χ3v) is 1.14. The molecule has 0 atom stereocenters. The second-order valence-electron chi connectivity index (χ2n) is 4.57. The SMILES string of the molecule is CCCC(=O)C(C)C.C[C-](C)C.[CH2-]C(C)=O.[V+2]. The summed E-state index contributed by atoms with van der Waals surface area (Å²) in [6, 6.07) is 0. The topological polar surface area (TPSA) is 34.1 Å². The molecular formula is C14H28O2V. The van der Waals surface area contributed by atoms with Crippen molar-refractivity contribution in [3.63, 3.8) is 0 Å². The third-order valence-electron chi connectivity index (χ3n) is 1.14. The van der Waals surface area contributed by atoms with Crippen LogP contribution in [-0.2, 0) is 28.1 Å². The van der Waals surface area contributed by atoms with E-state index in [4.69, 9.17) is 0 Å². The van der Waals surface area contributed by atoms with Crippen molar-refractivity contribution in [3.05, 3.63) is 12.8 Å². The smallest absolute Gasteiger partial charge is 0.340 e. The number of carbonyl (C=O) groups excluding carboxylic acids is 2. The Kier molecular flexibility index (Phi) is 27.4. The maximum atomic E-state index is 10.7. The van der Waals surface area contributed by atoms with E-state index in [2.05, 4.69) is 27.7 Å². The van der Waals surface area contributed by atoms with Gasteiger partial charge in [0.1, 0.15) is 5.78 Å². The van der Waals surface area contributed by atoms with E-state index in [0.717, 1.165) is 12.8 Å². The van der Waals surface area contributed by atoms with Gasteiger partial charge in [-0.05, 0) is 19.1 Å². The van der Waals surface area contributed by atoms with Gasteiger partial charge < -0.3 is 17.6 Å². The maximum Gasteiger partial charge on any atom is 2.00 e. The van der Waals surface area contributed by atoms with Crippen LogP contribution in [0.2, 0.25) is 0 Å². The van der Waals surface area contributed by atoms with Crippen molar-refractivity contribution in [2.24, 2.45) is 5.92 Å². The van der Waals surface area contributed by atoms with Crippen molar-refractivity contribution in [1.82, 2.24) is 0 Å². The van der Waals surface area contributed by atoms with Crippen molar-refractivity contribution in [3.8, 4) is 0 Å². The van der Waals surface area contributed by atoms with Gasteiger partial charge in [0.25, 0.3) is 0 Å². The van der Waals surface area contributed by atoms with E-state index in [9.17, 15) is 9.59 Å². The van der Waals surface area contributed by atoms with Gasteiger partial charge in [-0.25, -0.2) is 0 Å². The molecule has 17 heavy (non-hydrogen) atoms. The first kappa shape index (κ1) is 25.6. The Morgan fingerprint density at radius 2 is 1.41 bits per heavy atom. The molecule has 0 saturated carbocycles. The fourth-order valence-corrected chi connectivity index (χ4v) is 0.535. The molecule has 0 fully saturated rings. The molecule has 0 aliphatic carbocycles. The average molecular weight is 279 g/mol. The van der Waals surface area contributed by atoms with E-state index in [0.29, 0.717) is 5.78 Å². The van der Waals surface area contributed by atoms with Crippen LogP contribution in [-0.4, -0.2) is 11.6 Å². The van der Waals surface area contributed by atoms with Gasteiger partial charge in [0.2, 0.25) is 0 Å². The Morgan fingerprint density at radius 1 is 1.18 bits per heavy atom. The van der Waals surface area contributed by atoms with Crippen molar-refractivity contribution in [2.75, 3.05) is 0 Å². The number of ketones is 2. The van der Waals surface area contributed by atoms with Crippen LogP contribution in [0.25, 0.3) is 0 Å². The van der Waals surface area contributed by atoms with Crippen LogP contribution >= 0.6 is 0 Å². The first-order valence-electron chi connectivity index (χ1n) is 5.77. The number of carbonyl (C=O) groups is 2. The summed E-state index contributed by atoms with van der Waals surface area (Å²) in [4.78, 5) is 20.1. The van der Waals surface area contributed by atoms with Crippen LogP contribution in [0, 0.1) is 18.8 Å². The number of hydrogen-bond donors (Lipinski definition) is 0. The Balaban J connectivity index is -0.0000000806. The van der Waals surface area contributed by atoms with Crippen LogP contribution in [0.5, 0.6) is 0 Å². The van der Waals surface area contributed by atoms with E-state index >= 15 is 0 Å². The normalized spacial score (nSPS) is 8.29. The minimum Gasteiger partial charge on any atom is -0.340 e. The van der Waals surface area contributed by atoms with Gasteiger partial charge in [-0.1, -0.05) is 20.8 Å². The van der Waals surface area contributed by atoms with E-state index in [1.807, 2.05) is 20.8 Å². The first-order valence-corrected chi connectivity index (χ1v) is 5.77. The van der Waals surface area contributed by atoms with Gasteiger partial charge in [-0.3, -0.25) is 4.79 Å². The van der Waals surface area contributed by atoms with Crippen LogP contribution in [0.3, 0.4) is 0 Å². The van der Waals surface area contributed by atoms with E-state index in [1.165, 1.54) is 12.8 Å². The summed E-state index contributed by atoms with van der Waals surface area (Å²) >= 11 is 0. The molecule has 0 aliphatic rings. The minimum absolute atomic E-state index is 0. The molecule has 0 aromatic rings. The summed E-state index contributed by atoms with van der Waals surface area (Å²) in [6.07, 6.45) is 1.73. The van der Waals surface area contributed by atoms with Gasteiger partial charge in [0, 0.05) is 12.3 Å². The van der Waals surface area contributed by atoms with E-state index < -0.39 is 0 Å². The summed E-state index contributed by atoms with van der Waals surface area (Å²) in [7, 11) is 0. The fourth-order valence-electron chi connectivity index (χ4n) is 0.535. The standard InChI is InChI=1S/C7H14O.C4H9.C3H5O.V/c1-4-5-7(8)6(2)3;1-4(2)3;1-3(2)4;/h6H,4-5H2,1-3H3;1-3H3;1H2,2H3;/q;2*-1;+2. The average Bonchev–Trinajstić information content (AvgIpc) is 2.02. The zero-order chi connectivity index (χ0) is 13.7. The van der Waals surface area contributed by atoms with E-state index in [1.54, 1.807) is 0 Å². The Hall–Kier alpha value is -0.206. The van der Waals surface area contributed by atoms with Gasteiger partial charge in [0.15, 0.2) is 0 Å². The maximum absolute atomic E-state index is 10.7. The molecule has 0 unspecified atom stereocenters. The Labute approximate surface area is 120 Å². The van der Waals surface area contributed by atoms with Gasteiger partial charge >= 0.3 is 18.6 Å². The molecule has 0 aliphatic heterocycles. The monoisotopic (exact) mass is 279 g/mol. The molecule has 0 bridgehead atoms. The predicted octanol–water partition coefficient (Wildman–Crippen LogP) is 4.04. The molecule has 0 saturated heterocycles. The number of Topliss-reactive ketones (excluding diaryl/α,β-unsaturated/α-hetero) is 2. The molecule has 0 aromatic carbocycles. The molecule has 1 radical (unpaired) electrons. The molecule has 0 N–H and O–H groups in total. The minimum atomic E-state index is -0.0833. The predicted molar refractivity (Wildman–Crippen MR) is 71.1 cm³/mol. The molecule has 2 nitrogen and oxygen atoms in total. The zero-order valence-electron chi connectivity index (χ0n) is 12.5. The summed E-state index contributed by atoms with van der Waals surface area (Å²) in [5.41, 5.74) is 0. The molecule has 101 valence electrons. The van der Waals surface area contributed by atoms with Crippen molar-refractivity contribution in [1.29, 1.82) is 0 Å². The molecule has 0 amide bonds. The summed E-state index contributed by atoms with van der Waals surface area (Å²) < 4.78 is 0. The second-order valence-corrected chi connectivity index (χ2v) is 4.57. The second kappa shape index (κ2) is 18.2. The van der Waals surface area contributed by atoms with Crippen molar-refractivity contribution >= 4 is 11.6 Å². The first-order chi connectivity index (χ1) is 7.14. The van der Waals surface area contributed by atoms with Gasteiger partial charge in [0.05, 0.1) is 0 Å². The van der Waals surface area contributed by atoms with Crippen LogP contribution in [0.4, 0.5) is 0 Å². The Bertz CT molecular complexity index is 168. The van der Waals surface area contributed by atoms with Crippen LogP contribution in [0.15, 0.2) is 0 Å². The summed E-state index contributed by atoms with van der Waals surface area (Å²) in [5, 5.41) is 0. The zero-order valence-corrected chi connectivity index (χ0v) is 13.9. The fraction of sp³-hybridized carbons (Fsp3) is 0.714. The van der Waals surface area contributed by atoms with E-state index in [-0.39, 0.29) is 30.3 Å². The van der Waals surface area contributed by atoms with Crippen molar-refractivity contribution < 1.29 is 28.1 Å². The van der Waals surface area contributed by atoms with Gasteiger partial charge in [-0.2, -0.15) is 20.8 Å². The third kappa shape index (κ3) is 65.1. The van der Waals surface area contributed by atoms with Crippen LogP contribution in [0.1, 0.15) is 61.3 Å². The number of hydrogen-bond acceptors (Lipinski definition) is 2. The molecule has 0 aromatic heterocycles. The molecule has 0 spiro atoms. The Morgan fingerprint density at radius 3 is 1.47 bits per heavy atom. The summed E-state index contributed by atoms with van der Waals surface area (Å²) in [5.74, 6) is 1.95. The van der Waals surface area contributed by atoms with Crippen molar-refractivity contribution in [2.45, 2.75) is 61.3 Å². The van der Waals surface area contributed by atoms with Crippen LogP contribution < -0.4 is 0 Å². The molecule has 0 rings (SSSR count). The summed E-state index contributed by atoms with van der Waals surface area (Å²) in [6.45, 7) is 16.6.